The number of benzene rings is 3. The number of nitrogens with one attached hydrogen (secondary N) is 2. The van der Waals surface area contributed by atoms with Crippen molar-refractivity contribution in [3.8, 4) is 11.5 Å². The van der Waals surface area contributed by atoms with Crippen LogP contribution in [0, 0.1) is 0 Å². The number of amides is 3. The van der Waals surface area contributed by atoms with E-state index in [1.807, 2.05) is 37.3 Å². The molecule has 2 N–H and O–H groups in total. The van der Waals surface area contributed by atoms with Gasteiger partial charge in [0.15, 0.2) is 0 Å². The van der Waals surface area contributed by atoms with Crippen LogP contribution >= 0.6 is 0 Å². The van der Waals surface area contributed by atoms with Crippen molar-refractivity contribution in [2.75, 3.05) is 32.7 Å². The molecule has 1 aliphatic heterocycles. The van der Waals surface area contributed by atoms with Crippen molar-refractivity contribution in [3.63, 3.8) is 0 Å². The van der Waals surface area contributed by atoms with Gasteiger partial charge >= 0.3 is 12.0 Å². The molecule has 41 heavy (non-hydrogen) atoms. The fourth-order valence-corrected chi connectivity index (χ4v) is 4.75. The van der Waals surface area contributed by atoms with E-state index in [9.17, 15) is 14.4 Å². The van der Waals surface area contributed by atoms with Gasteiger partial charge in [0.25, 0.3) is 5.91 Å². The van der Waals surface area contributed by atoms with E-state index in [1.54, 1.807) is 54.3 Å². The highest BCUT2D eigenvalue weighted by Gasteiger charge is 2.38. The summed E-state index contributed by atoms with van der Waals surface area (Å²) in [7, 11) is 3.02. The Morgan fingerprint density at radius 2 is 1.73 bits per heavy atom. The lowest BCUT2D eigenvalue weighted by Crippen LogP contribution is -2.48. The minimum atomic E-state index is -0.804. The van der Waals surface area contributed by atoms with E-state index < -0.39 is 12.0 Å². The maximum atomic E-state index is 13.5. The Morgan fingerprint density at radius 3 is 2.41 bits per heavy atom. The maximum absolute atomic E-state index is 13.5. The van der Waals surface area contributed by atoms with Crippen LogP contribution in [0.3, 0.4) is 0 Å². The van der Waals surface area contributed by atoms with E-state index in [2.05, 4.69) is 10.6 Å². The zero-order valence-electron chi connectivity index (χ0n) is 23.7. The number of unbranched alkanes of at least 4 members (excludes halogenated alkanes) is 1. The van der Waals surface area contributed by atoms with Crippen molar-refractivity contribution in [2.24, 2.45) is 0 Å². The van der Waals surface area contributed by atoms with Gasteiger partial charge in [-0.3, -0.25) is 9.69 Å². The number of hydrogen-bond donors (Lipinski definition) is 2. The Kier molecular flexibility index (Phi) is 9.63. The van der Waals surface area contributed by atoms with Crippen LogP contribution in [0.2, 0.25) is 0 Å². The molecule has 0 spiro atoms. The average Bonchev–Trinajstić information content (AvgIpc) is 3.00. The first-order chi connectivity index (χ1) is 19.9. The van der Waals surface area contributed by atoms with Gasteiger partial charge < -0.3 is 24.8 Å². The van der Waals surface area contributed by atoms with Gasteiger partial charge in [0.05, 0.1) is 43.7 Å². The molecule has 0 saturated heterocycles. The van der Waals surface area contributed by atoms with Gasteiger partial charge in [0, 0.05) is 18.3 Å². The first-order valence-corrected chi connectivity index (χ1v) is 13.6. The third-order valence-electron chi connectivity index (χ3n) is 6.74. The number of esters is 1. The van der Waals surface area contributed by atoms with Gasteiger partial charge in [-0.15, -0.1) is 0 Å². The average molecular weight is 558 g/mol. The molecule has 3 aromatic rings. The van der Waals surface area contributed by atoms with Gasteiger partial charge in [-0.2, -0.15) is 0 Å². The molecule has 3 amide bonds. The number of urea groups is 1. The summed E-state index contributed by atoms with van der Waals surface area (Å²) in [5, 5.41) is 5.90. The highest BCUT2D eigenvalue weighted by atomic mass is 16.5. The van der Waals surface area contributed by atoms with Crippen molar-refractivity contribution >= 4 is 29.3 Å². The second-order valence-corrected chi connectivity index (χ2v) is 9.38. The zero-order valence-corrected chi connectivity index (χ0v) is 23.7. The maximum Gasteiger partial charge on any atom is 0.338 e. The molecule has 4 rings (SSSR count). The lowest BCUT2D eigenvalue weighted by Gasteiger charge is -2.37. The molecule has 1 heterocycles. The van der Waals surface area contributed by atoms with Crippen LogP contribution in [-0.2, 0) is 9.53 Å². The molecular formula is C32H35N3O6. The molecule has 214 valence electrons. The van der Waals surface area contributed by atoms with E-state index in [0.717, 1.165) is 18.4 Å². The molecule has 0 aliphatic carbocycles. The number of carbonyl (C=O) groups is 3. The molecule has 0 fully saturated rings. The summed E-state index contributed by atoms with van der Waals surface area (Å²) < 4.78 is 16.1. The summed E-state index contributed by atoms with van der Waals surface area (Å²) in [6.45, 7) is 4.42. The van der Waals surface area contributed by atoms with Gasteiger partial charge in [-0.25, -0.2) is 9.59 Å². The number of carbonyl (C=O) groups excluding carboxylic acids is 3. The predicted molar refractivity (Wildman–Crippen MR) is 157 cm³/mol. The fraction of sp³-hybridized carbons (Fsp3) is 0.281. The molecule has 3 aromatic carbocycles. The van der Waals surface area contributed by atoms with Crippen LogP contribution in [0.25, 0.3) is 5.70 Å². The summed E-state index contributed by atoms with van der Waals surface area (Å²) in [6, 6.07) is 20.2. The SMILES string of the molecule is CCCCN1C(=O)NC(c2cccc(NC(=O)c3ccc(OC)cc3OC)c2)C(C(=O)OCC)=C1c1ccccc1. The van der Waals surface area contributed by atoms with Crippen LogP contribution in [0.15, 0.2) is 78.4 Å². The van der Waals surface area contributed by atoms with Gasteiger partial charge in [0.1, 0.15) is 11.5 Å². The van der Waals surface area contributed by atoms with Crippen LogP contribution in [0.1, 0.15) is 54.2 Å². The molecule has 0 bridgehead atoms. The molecule has 1 atom stereocenters. The zero-order chi connectivity index (χ0) is 29.4. The smallest absolute Gasteiger partial charge is 0.338 e. The minimum absolute atomic E-state index is 0.180. The largest absolute Gasteiger partial charge is 0.497 e. The number of nitrogens with zero attached hydrogens (tertiary/aromatic N) is 1. The molecule has 1 aliphatic rings. The lowest BCUT2D eigenvalue weighted by molar-refractivity contribution is -0.138. The molecule has 9 nitrogen and oxygen atoms in total. The Hall–Kier alpha value is -4.79. The third-order valence-corrected chi connectivity index (χ3v) is 6.74. The lowest BCUT2D eigenvalue weighted by atomic mass is 9.91. The standard InChI is InChI=1S/C32H35N3O6/c1-5-7-18-35-29(21-12-9-8-10-13-21)27(31(37)41-6-2)28(34-32(35)38)22-14-11-15-23(19-22)33-30(36)25-17-16-24(39-3)20-26(25)40-4/h8-17,19-20,28H,5-7,18H2,1-4H3,(H,33,36)(H,34,38). The summed E-state index contributed by atoms with van der Waals surface area (Å²) in [6.07, 6.45) is 1.64. The number of methoxy groups -OCH3 is 2. The van der Waals surface area contributed by atoms with E-state index in [1.165, 1.54) is 14.2 Å². The first kappa shape index (κ1) is 29.2. The quantitative estimate of drug-likeness (QED) is 0.289. The second-order valence-electron chi connectivity index (χ2n) is 9.38. The molecular weight excluding hydrogens is 522 g/mol. The first-order valence-electron chi connectivity index (χ1n) is 13.6. The normalized spacial score (nSPS) is 14.8. The Labute approximate surface area is 240 Å². The number of anilines is 1. The summed E-state index contributed by atoms with van der Waals surface area (Å²) in [5.41, 5.74) is 3.01. The Bertz CT molecular complexity index is 1440. The summed E-state index contributed by atoms with van der Waals surface area (Å²) in [5.74, 6) is 0.0279. The van der Waals surface area contributed by atoms with Crippen LogP contribution in [0.5, 0.6) is 11.5 Å². The Morgan fingerprint density at radius 1 is 0.951 bits per heavy atom. The van der Waals surface area contributed by atoms with Gasteiger partial charge in [-0.05, 0) is 48.7 Å². The molecule has 1 unspecified atom stereocenters. The van der Waals surface area contributed by atoms with Crippen molar-refractivity contribution in [1.29, 1.82) is 0 Å². The third kappa shape index (κ3) is 6.51. The van der Waals surface area contributed by atoms with E-state index >= 15 is 0 Å². The van der Waals surface area contributed by atoms with Gasteiger partial charge in [-0.1, -0.05) is 55.8 Å². The number of hydrogen-bond acceptors (Lipinski definition) is 6. The summed E-state index contributed by atoms with van der Waals surface area (Å²) in [4.78, 5) is 41.8. The van der Waals surface area contributed by atoms with Crippen molar-refractivity contribution < 1.29 is 28.6 Å². The van der Waals surface area contributed by atoms with Crippen LogP contribution < -0.4 is 20.1 Å². The van der Waals surface area contributed by atoms with Crippen molar-refractivity contribution in [2.45, 2.75) is 32.7 Å². The minimum Gasteiger partial charge on any atom is -0.497 e. The van der Waals surface area contributed by atoms with E-state index in [4.69, 9.17) is 14.2 Å². The Balaban J connectivity index is 1.77. The van der Waals surface area contributed by atoms with Crippen molar-refractivity contribution in [3.05, 3.63) is 95.1 Å². The highest BCUT2D eigenvalue weighted by Crippen LogP contribution is 2.37. The van der Waals surface area contributed by atoms with Gasteiger partial charge in [0.2, 0.25) is 0 Å². The monoisotopic (exact) mass is 557 g/mol. The molecule has 0 aromatic heterocycles. The molecule has 0 radical (unpaired) electrons. The topological polar surface area (TPSA) is 106 Å². The second kappa shape index (κ2) is 13.5. The number of ether oxygens (including phenoxy) is 3. The van der Waals surface area contributed by atoms with E-state index in [-0.39, 0.29) is 18.5 Å². The number of rotatable bonds is 11. The van der Waals surface area contributed by atoms with E-state index in [0.29, 0.717) is 46.1 Å². The molecule has 0 saturated carbocycles. The van der Waals surface area contributed by atoms with Crippen LogP contribution in [-0.4, -0.2) is 50.2 Å². The van der Waals surface area contributed by atoms with Crippen molar-refractivity contribution in [1.82, 2.24) is 10.2 Å². The predicted octanol–water partition coefficient (Wildman–Crippen LogP) is 5.80. The fourth-order valence-electron chi connectivity index (χ4n) is 4.75. The molecule has 9 heteroatoms. The van der Waals surface area contributed by atoms with Crippen LogP contribution in [0.4, 0.5) is 10.5 Å². The highest BCUT2D eigenvalue weighted by molar-refractivity contribution is 6.07. The summed E-state index contributed by atoms with van der Waals surface area (Å²) >= 11 is 0.